The zero-order valence-electron chi connectivity index (χ0n) is 10.4. The normalized spacial score (nSPS) is 12.8. The van der Waals surface area contributed by atoms with Crippen molar-refractivity contribution in [1.29, 1.82) is 0 Å². The number of likely N-dealkylation sites (N-methyl/N-ethyl adjacent to an activating group) is 1. The van der Waals surface area contributed by atoms with Gasteiger partial charge in [-0.3, -0.25) is 0 Å². The van der Waals surface area contributed by atoms with Gasteiger partial charge in [-0.05, 0) is 30.3 Å². The van der Waals surface area contributed by atoms with Gasteiger partial charge in [0, 0.05) is 13.2 Å². The molecule has 90 valence electrons. The lowest BCUT2D eigenvalue weighted by molar-refractivity contribution is 0.0648. The van der Waals surface area contributed by atoms with Crippen molar-refractivity contribution >= 4 is 10.8 Å². The molecule has 17 heavy (non-hydrogen) atoms. The lowest BCUT2D eigenvalue weighted by Crippen LogP contribution is -2.20. The van der Waals surface area contributed by atoms with E-state index in [1.807, 2.05) is 14.0 Å². The fraction of sp³-hybridized carbons (Fsp3) is 0.333. The SMILES string of the molecule is CCO[C@H](CNC)c1cccc2ccccc12. The van der Waals surface area contributed by atoms with Crippen LogP contribution in [0.5, 0.6) is 0 Å². The molecule has 0 saturated heterocycles. The quantitative estimate of drug-likeness (QED) is 0.850. The average molecular weight is 229 g/mol. The molecule has 0 aliphatic heterocycles. The summed E-state index contributed by atoms with van der Waals surface area (Å²) in [5.41, 5.74) is 1.26. The summed E-state index contributed by atoms with van der Waals surface area (Å²) >= 11 is 0. The maximum atomic E-state index is 5.81. The van der Waals surface area contributed by atoms with Gasteiger partial charge in [-0.25, -0.2) is 0 Å². The Morgan fingerprint density at radius 3 is 2.65 bits per heavy atom. The van der Waals surface area contributed by atoms with E-state index in [4.69, 9.17) is 4.74 Å². The summed E-state index contributed by atoms with van der Waals surface area (Å²) in [7, 11) is 1.96. The van der Waals surface area contributed by atoms with E-state index in [0.717, 1.165) is 13.2 Å². The fourth-order valence-electron chi connectivity index (χ4n) is 2.18. The van der Waals surface area contributed by atoms with Crippen LogP contribution in [0.25, 0.3) is 10.8 Å². The van der Waals surface area contributed by atoms with Crippen LogP contribution < -0.4 is 5.32 Å². The molecule has 0 amide bonds. The Morgan fingerprint density at radius 1 is 1.12 bits per heavy atom. The summed E-state index contributed by atoms with van der Waals surface area (Å²) in [4.78, 5) is 0. The Kier molecular flexibility index (Phi) is 4.13. The molecule has 0 bridgehead atoms. The van der Waals surface area contributed by atoms with Crippen molar-refractivity contribution in [3.63, 3.8) is 0 Å². The van der Waals surface area contributed by atoms with E-state index in [9.17, 15) is 0 Å². The minimum atomic E-state index is 0.121. The second-order valence-electron chi connectivity index (χ2n) is 4.07. The molecule has 0 fully saturated rings. The molecule has 2 nitrogen and oxygen atoms in total. The van der Waals surface area contributed by atoms with Crippen LogP contribution in [-0.2, 0) is 4.74 Å². The van der Waals surface area contributed by atoms with Crippen molar-refractivity contribution in [1.82, 2.24) is 5.32 Å². The molecule has 2 rings (SSSR count). The third-order valence-corrected chi connectivity index (χ3v) is 2.93. The van der Waals surface area contributed by atoms with Crippen molar-refractivity contribution in [3.8, 4) is 0 Å². The molecule has 0 radical (unpaired) electrons. The minimum absolute atomic E-state index is 0.121. The monoisotopic (exact) mass is 229 g/mol. The highest BCUT2D eigenvalue weighted by molar-refractivity contribution is 5.86. The molecule has 2 heteroatoms. The molecule has 1 atom stereocenters. The number of nitrogens with one attached hydrogen (secondary N) is 1. The van der Waals surface area contributed by atoms with Gasteiger partial charge in [-0.2, -0.15) is 0 Å². The molecule has 0 unspecified atom stereocenters. The first kappa shape index (κ1) is 12.1. The number of fused-ring (bicyclic) bond motifs is 1. The van der Waals surface area contributed by atoms with E-state index in [0.29, 0.717) is 0 Å². The number of hydrogen-bond acceptors (Lipinski definition) is 2. The fourth-order valence-corrected chi connectivity index (χ4v) is 2.18. The maximum absolute atomic E-state index is 5.81. The lowest BCUT2D eigenvalue weighted by atomic mass is 10.0. The molecule has 0 heterocycles. The average Bonchev–Trinajstić information content (AvgIpc) is 2.38. The molecule has 0 aliphatic carbocycles. The summed E-state index contributed by atoms with van der Waals surface area (Å²) in [6.07, 6.45) is 0.121. The summed E-state index contributed by atoms with van der Waals surface area (Å²) in [6, 6.07) is 14.8. The van der Waals surface area contributed by atoms with E-state index >= 15 is 0 Å². The lowest BCUT2D eigenvalue weighted by Gasteiger charge is -2.19. The van der Waals surface area contributed by atoms with Gasteiger partial charge < -0.3 is 10.1 Å². The Morgan fingerprint density at radius 2 is 1.88 bits per heavy atom. The van der Waals surface area contributed by atoms with Gasteiger partial charge in [0.05, 0.1) is 6.10 Å². The van der Waals surface area contributed by atoms with Crippen LogP contribution in [0.3, 0.4) is 0 Å². The first-order valence-electron chi connectivity index (χ1n) is 6.10. The summed E-state index contributed by atoms with van der Waals surface area (Å²) in [5.74, 6) is 0. The van der Waals surface area contributed by atoms with Crippen LogP contribution in [0.4, 0.5) is 0 Å². The molecule has 0 aromatic heterocycles. The van der Waals surface area contributed by atoms with E-state index in [-0.39, 0.29) is 6.10 Å². The molecule has 2 aromatic rings. The van der Waals surface area contributed by atoms with Crippen LogP contribution in [0.1, 0.15) is 18.6 Å². The van der Waals surface area contributed by atoms with Gasteiger partial charge in [0.2, 0.25) is 0 Å². The largest absolute Gasteiger partial charge is 0.372 e. The van der Waals surface area contributed by atoms with Crippen LogP contribution in [-0.4, -0.2) is 20.2 Å². The smallest absolute Gasteiger partial charge is 0.0954 e. The second-order valence-corrected chi connectivity index (χ2v) is 4.07. The number of rotatable bonds is 5. The van der Waals surface area contributed by atoms with E-state index in [1.165, 1.54) is 16.3 Å². The zero-order valence-corrected chi connectivity index (χ0v) is 10.4. The molecule has 0 saturated carbocycles. The van der Waals surface area contributed by atoms with Gasteiger partial charge in [-0.15, -0.1) is 0 Å². The number of benzene rings is 2. The minimum Gasteiger partial charge on any atom is -0.372 e. The molecule has 0 spiro atoms. The highest BCUT2D eigenvalue weighted by atomic mass is 16.5. The second kappa shape index (κ2) is 5.80. The molecule has 1 N–H and O–H groups in total. The van der Waals surface area contributed by atoms with E-state index in [2.05, 4.69) is 47.8 Å². The number of hydrogen-bond donors (Lipinski definition) is 1. The highest BCUT2D eigenvalue weighted by Crippen LogP contribution is 2.26. The molecule has 0 aliphatic rings. The highest BCUT2D eigenvalue weighted by Gasteiger charge is 2.12. The zero-order chi connectivity index (χ0) is 12.1. The summed E-state index contributed by atoms with van der Waals surface area (Å²) in [6.45, 7) is 3.60. The first-order chi connectivity index (χ1) is 8.36. The van der Waals surface area contributed by atoms with E-state index < -0.39 is 0 Å². The van der Waals surface area contributed by atoms with Crippen molar-refractivity contribution in [2.75, 3.05) is 20.2 Å². The summed E-state index contributed by atoms with van der Waals surface area (Å²) < 4.78 is 5.81. The third kappa shape index (κ3) is 2.65. The predicted octanol–water partition coefficient (Wildman–Crippen LogP) is 3.14. The van der Waals surface area contributed by atoms with Crippen LogP contribution in [0.2, 0.25) is 0 Å². The van der Waals surface area contributed by atoms with Crippen LogP contribution in [0, 0.1) is 0 Å². The first-order valence-corrected chi connectivity index (χ1v) is 6.10. The van der Waals surface area contributed by atoms with Gasteiger partial charge in [0.15, 0.2) is 0 Å². The Labute approximate surface area is 103 Å². The van der Waals surface area contributed by atoms with Crippen molar-refractivity contribution in [2.24, 2.45) is 0 Å². The van der Waals surface area contributed by atoms with Gasteiger partial charge in [0.1, 0.15) is 0 Å². The number of ether oxygens (including phenoxy) is 1. The molecular weight excluding hydrogens is 210 g/mol. The van der Waals surface area contributed by atoms with Gasteiger partial charge >= 0.3 is 0 Å². The van der Waals surface area contributed by atoms with E-state index in [1.54, 1.807) is 0 Å². The van der Waals surface area contributed by atoms with Crippen LogP contribution >= 0.6 is 0 Å². The Bertz CT molecular complexity index is 470. The standard InChI is InChI=1S/C15H19NO/c1-3-17-15(11-16-2)14-10-6-8-12-7-4-5-9-13(12)14/h4-10,15-16H,3,11H2,1-2H3/t15-/m1/s1. The van der Waals surface area contributed by atoms with Gasteiger partial charge in [-0.1, -0.05) is 42.5 Å². The Balaban J connectivity index is 2.44. The molecular formula is C15H19NO. The maximum Gasteiger partial charge on any atom is 0.0954 e. The molecule has 2 aromatic carbocycles. The summed E-state index contributed by atoms with van der Waals surface area (Å²) in [5, 5.41) is 5.74. The predicted molar refractivity (Wildman–Crippen MR) is 72.2 cm³/mol. The van der Waals surface area contributed by atoms with Crippen molar-refractivity contribution < 1.29 is 4.74 Å². The topological polar surface area (TPSA) is 21.3 Å². The van der Waals surface area contributed by atoms with Gasteiger partial charge in [0.25, 0.3) is 0 Å². The van der Waals surface area contributed by atoms with Crippen molar-refractivity contribution in [3.05, 3.63) is 48.0 Å². The van der Waals surface area contributed by atoms with Crippen molar-refractivity contribution in [2.45, 2.75) is 13.0 Å². The van der Waals surface area contributed by atoms with Crippen LogP contribution in [0.15, 0.2) is 42.5 Å². The Hall–Kier alpha value is -1.38. The third-order valence-electron chi connectivity index (χ3n) is 2.93.